The van der Waals surface area contributed by atoms with Gasteiger partial charge in [0.2, 0.25) is 17.5 Å². The molecular formula is C20H19N9O8S3. The van der Waals surface area contributed by atoms with Crippen LogP contribution in [0.2, 0.25) is 0 Å². The highest BCUT2D eigenvalue weighted by molar-refractivity contribution is 8.00. The average Bonchev–Trinajstić information content (AvgIpc) is 3.57. The molecule has 2 fully saturated rings. The van der Waals surface area contributed by atoms with Gasteiger partial charge in [0.25, 0.3) is 5.91 Å². The van der Waals surface area contributed by atoms with E-state index in [0.717, 1.165) is 27.8 Å². The molecule has 40 heavy (non-hydrogen) atoms. The van der Waals surface area contributed by atoms with Crippen LogP contribution in [0.1, 0.15) is 5.69 Å². The van der Waals surface area contributed by atoms with E-state index in [-0.39, 0.29) is 46.4 Å². The van der Waals surface area contributed by atoms with Gasteiger partial charge in [-0.3, -0.25) is 24.0 Å². The maximum absolute atomic E-state index is 13.1. The molecule has 210 valence electrons. The lowest BCUT2D eigenvalue weighted by Crippen LogP contribution is -2.74. The Morgan fingerprint density at radius 3 is 2.90 bits per heavy atom. The molecule has 2 aliphatic heterocycles. The summed E-state index contributed by atoms with van der Waals surface area (Å²) in [5, 5.41) is 39.7. The van der Waals surface area contributed by atoms with E-state index in [4.69, 9.17) is 16.4 Å². The highest BCUT2D eigenvalue weighted by Crippen LogP contribution is 2.44. The van der Waals surface area contributed by atoms with Gasteiger partial charge in [-0.15, -0.1) is 34.6 Å². The molecule has 0 saturated carbocycles. The Bertz CT molecular complexity index is 1410. The van der Waals surface area contributed by atoms with Crippen LogP contribution in [-0.4, -0.2) is 112 Å². The van der Waals surface area contributed by atoms with Gasteiger partial charge in [-0.05, 0) is 10.4 Å². The summed E-state index contributed by atoms with van der Waals surface area (Å²) in [6.07, 6.45) is 5.58. The third-order valence-electron chi connectivity index (χ3n) is 5.59. The van der Waals surface area contributed by atoms with Crippen molar-refractivity contribution in [1.29, 1.82) is 0 Å². The normalized spacial score (nSPS) is 21.9. The number of nitrogens with zero attached hydrogens (tertiary/aromatic N) is 7. The Kier molecular flexibility index (Phi) is 8.86. The number of carbonyl (C=O) groups is 5. The number of thioether (sulfide) groups is 2. The van der Waals surface area contributed by atoms with Crippen LogP contribution in [0.25, 0.3) is 0 Å². The zero-order valence-electron chi connectivity index (χ0n) is 20.1. The maximum atomic E-state index is 13.1. The van der Waals surface area contributed by atoms with E-state index in [0.29, 0.717) is 6.41 Å². The van der Waals surface area contributed by atoms with Crippen LogP contribution in [0.5, 0.6) is 0 Å². The van der Waals surface area contributed by atoms with Crippen LogP contribution in [0.4, 0.5) is 5.13 Å². The third kappa shape index (κ3) is 6.00. The fraction of sp³-hybridized carbons (Fsp3) is 0.400. The highest BCUT2D eigenvalue weighted by atomic mass is 32.2. The standard InChI is InChI=1S/C20H19N9O8S3/c1-2-3-37-25-12(10-5-38-18(22-10)21-9-30)14(33)23-13-15(34)28-6-20(17(35)36,7-39-16(13)28)8-40-19-24-26-27-29(19)4-11(31)32/h1,5,9,13,16H,3-4,6-8H2,(H,23,33)(H,31,32)(H,35,36)(H,21,22,30)/t13?,16-,20?/m1/s1. The molecule has 2 unspecified atom stereocenters. The number of hydrogen-bond donors (Lipinski definition) is 4. The topological polar surface area (TPSA) is 231 Å². The molecule has 4 rings (SSSR count). The number of terminal acetylenes is 1. The number of fused-ring (bicyclic) bond motifs is 1. The number of rotatable bonds is 13. The van der Waals surface area contributed by atoms with Crippen molar-refractivity contribution in [3.8, 4) is 12.3 Å². The van der Waals surface area contributed by atoms with Gasteiger partial charge in [-0.1, -0.05) is 22.8 Å². The number of carboxylic acid groups (broad SMARTS) is 2. The molecule has 17 nitrogen and oxygen atoms in total. The van der Waals surface area contributed by atoms with Crippen LogP contribution in [0.3, 0.4) is 0 Å². The Labute approximate surface area is 237 Å². The van der Waals surface area contributed by atoms with Crippen molar-refractivity contribution >= 4 is 75.9 Å². The van der Waals surface area contributed by atoms with Crippen LogP contribution in [0.15, 0.2) is 15.7 Å². The van der Waals surface area contributed by atoms with Gasteiger partial charge in [-0.2, -0.15) is 0 Å². The number of aliphatic carboxylic acids is 2. The summed E-state index contributed by atoms with van der Waals surface area (Å²) in [5.41, 5.74) is -1.57. The lowest BCUT2D eigenvalue weighted by atomic mass is 9.89. The summed E-state index contributed by atoms with van der Waals surface area (Å²) in [5.74, 6) is -1.33. The quantitative estimate of drug-likeness (QED) is 0.0381. The lowest BCUT2D eigenvalue weighted by molar-refractivity contribution is -0.157. The summed E-state index contributed by atoms with van der Waals surface area (Å²) in [6.45, 7) is -0.863. The van der Waals surface area contributed by atoms with E-state index in [1.54, 1.807) is 0 Å². The van der Waals surface area contributed by atoms with Gasteiger partial charge in [-0.25, -0.2) is 9.67 Å². The van der Waals surface area contributed by atoms with E-state index < -0.39 is 47.1 Å². The van der Waals surface area contributed by atoms with Crippen LogP contribution < -0.4 is 10.6 Å². The van der Waals surface area contributed by atoms with Crippen molar-refractivity contribution in [3.63, 3.8) is 0 Å². The molecule has 0 aliphatic carbocycles. The fourth-order valence-corrected chi connectivity index (χ4v) is 7.08. The SMILES string of the molecule is C#CCON=C(C(=O)NC1C(=O)N2CC(CSc3nnnn3CC(=O)O)(C(=O)O)CS[C@H]12)c1csc(NC=O)n1. The Morgan fingerprint density at radius 2 is 2.20 bits per heavy atom. The number of carbonyl (C=O) groups excluding carboxylic acids is 3. The van der Waals surface area contributed by atoms with E-state index >= 15 is 0 Å². The number of aromatic nitrogens is 5. The molecule has 0 bridgehead atoms. The van der Waals surface area contributed by atoms with Crippen molar-refractivity contribution in [2.45, 2.75) is 23.1 Å². The van der Waals surface area contributed by atoms with Gasteiger partial charge in [0.05, 0.1) is 0 Å². The van der Waals surface area contributed by atoms with Crippen molar-refractivity contribution < 1.29 is 39.0 Å². The van der Waals surface area contributed by atoms with Crippen molar-refractivity contribution in [2.24, 2.45) is 10.6 Å². The molecule has 4 heterocycles. The minimum Gasteiger partial charge on any atom is -0.481 e. The number of tetrazole rings is 1. The molecule has 20 heteroatoms. The molecule has 4 N–H and O–H groups in total. The largest absolute Gasteiger partial charge is 0.481 e. The Morgan fingerprint density at radius 1 is 1.40 bits per heavy atom. The zero-order valence-corrected chi connectivity index (χ0v) is 22.6. The molecule has 3 amide bonds. The predicted molar refractivity (Wildman–Crippen MR) is 139 cm³/mol. The highest BCUT2D eigenvalue weighted by Gasteiger charge is 2.57. The Hall–Kier alpha value is -4.22. The minimum atomic E-state index is -1.38. The summed E-state index contributed by atoms with van der Waals surface area (Å²) in [4.78, 5) is 70.4. The van der Waals surface area contributed by atoms with Gasteiger partial charge >= 0.3 is 11.9 Å². The van der Waals surface area contributed by atoms with Gasteiger partial charge < -0.3 is 30.6 Å². The zero-order chi connectivity index (χ0) is 28.9. The van der Waals surface area contributed by atoms with Gasteiger partial charge in [0.1, 0.15) is 29.1 Å². The number of carboxylic acids is 2. The molecule has 0 spiro atoms. The predicted octanol–water partition coefficient (Wildman–Crippen LogP) is -1.60. The minimum absolute atomic E-state index is 0.0346. The molecule has 2 aromatic heterocycles. The maximum Gasteiger partial charge on any atom is 0.325 e. The smallest absolute Gasteiger partial charge is 0.325 e. The lowest BCUT2D eigenvalue weighted by Gasteiger charge is -2.53. The first-order chi connectivity index (χ1) is 19.2. The first kappa shape index (κ1) is 28.8. The van der Waals surface area contributed by atoms with Crippen molar-refractivity contribution in [1.82, 2.24) is 35.4 Å². The number of nitrogens with one attached hydrogen (secondary N) is 2. The van der Waals surface area contributed by atoms with Crippen molar-refractivity contribution in [3.05, 3.63) is 11.1 Å². The van der Waals surface area contributed by atoms with Crippen molar-refractivity contribution in [2.75, 3.05) is 30.0 Å². The van der Waals surface area contributed by atoms with Crippen LogP contribution >= 0.6 is 34.9 Å². The summed E-state index contributed by atoms with van der Waals surface area (Å²) in [7, 11) is 0. The second-order valence-corrected chi connectivity index (χ2v) is 11.1. The summed E-state index contributed by atoms with van der Waals surface area (Å²) < 4.78 is 1.04. The van der Waals surface area contributed by atoms with Crippen LogP contribution in [-0.2, 0) is 35.4 Å². The average molecular weight is 610 g/mol. The van der Waals surface area contributed by atoms with E-state index in [1.807, 2.05) is 0 Å². The molecular weight excluding hydrogens is 590 g/mol. The van der Waals surface area contributed by atoms with E-state index in [1.165, 1.54) is 22.0 Å². The summed E-state index contributed by atoms with van der Waals surface area (Å²) >= 11 is 3.18. The first-order valence-electron chi connectivity index (χ1n) is 11.1. The molecule has 0 radical (unpaired) electrons. The second kappa shape index (κ2) is 12.3. The summed E-state index contributed by atoms with van der Waals surface area (Å²) in [6, 6.07) is -0.969. The molecule has 3 atom stereocenters. The van der Waals surface area contributed by atoms with Gasteiger partial charge in [0, 0.05) is 23.4 Å². The molecule has 0 aromatic carbocycles. The van der Waals surface area contributed by atoms with E-state index in [2.05, 4.69) is 42.2 Å². The number of oxime groups is 1. The fourth-order valence-electron chi connectivity index (χ4n) is 3.68. The molecule has 2 aromatic rings. The molecule has 2 aliphatic rings. The van der Waals surface area contributed by atoms with E-state index in [9.17, 15) is 29.1 Å². The number of β-lactam (4-membered cyclic amide) rings is 1. The number of thiazole rings is 1. The Balaban J connectivity index is 1.43. The third-order valence-corrected chi connectivity index (χ3v) is 9.20. The van der Waals surface area contributed by atoms with Gasteiger partial charge in [0.15, 0.2) is 17.5 Å². The molecule has 2 saturated heterocycles. The number of anilines is 1. The monoisotopic (exact) mass is 609 g/mol. The first-order valence-corrected chi connectivity index (χ1v) is 14.0. The second-order valence-electron chi connectivity index (χ2n) is 8.22. The number of hydrogen-bond acceptors (Lipinski definition) is 14. The number of amides is 3. The van der Waals surface area contributed by atoms with Crippen LogP contribution in [0, 0.1) is 17.8 Å².